The van der Waals surface area contributed by atoms with Crippen molar-refractivity contribution in [1.29, 1.82) is 0 Å². The number of rotatable bonds is 31. The molecule has 3 N–H and O–H groups in total. The van der Waals surface area contributed by atoms with Gasteiger partial charge in [-0.25, -0.2) is 9.59 Å². The lowest BCUT2D eigenvalue weighted by molar-refractivity contribution is -0.200. The Labute approximate surface area is 832 Å². The Bertz CT molecular complexity index is 4230. The molecule has 20 atom stereocenters. The van der Waals surface area contributed by atoms with Gasteiger partial charge in [-0.3, -0.25) is 38.4 Å². The third-order valence-corrected chi connectivity index (χ3v) is 31.7. The van der Waals surface area contributed by atoms with E-state index in [4.69, 9.17) is 67.4 Å². The Hall–Kier alpha value is -8.32. The third-order valence-electron chi connectivity index (χ3n) is 31.7. The average Bonchev–Trinajstić information content (AvgIpc) is 1.53. The molecule has 20 unspecified atom stereocenters. The molecule has 6 bridgehead atoms. The number of fused-ring (bicyclic) bond motifs is 7. The van der Waals surface area contributed by atoms with Gasteiger partial charge in [0.05, 0.1) is 53.3 Å². The second kappa shape index (κ2) is 52.8. The third kappa shape index (κ3) is 33.9. The summed E-state index contributed by atoms with van der Waals surface area (Å²) in [6.07, 6.45) is 24.0. The van der Waals surface area contributed by atoms with E-state index in [9.17, 15) is 47.9 Å². The summed E-state index contributed by atoms with van der Waals surface area (Å²) < 4.78 is 65.2. The van der Waals surface area contributed by atoms with Crippen LogP contribution in [0.15, 0.2) is 72.8 Å². The lowest BCUT2D eigenvalue weighted by atomic mass is 9.73. The first-order valence-electron chi connectivity index (χ1n) is 52.6. The highest BCUT2D eigenvalue weighted by Crippen LogP contribution is 2.64. The van der Waals surface area contributed by atoms with Gasteiger partial charge >= 0.3 is 59.7 Å². The summed E-state index contributed by atoms with van der Waals surface area (Å²) in [5.41, 5.74) is 0.762. The highest BCUT2D eigenvalue weighted by Gasteiger charge is 2.76. The number of hydrogen-bond donors (Lipinski definition) is 3. The van der Waals surface area contributed by atoms with Gasteiger partial charge < -0.3 is 72.2 Å². The molecule has 8 saturated carbocycles. The van der Waals surface area contributed by atoms with Crippen LogP contribution in [0.1, 0.15) is 388 Å². The van der Waals surface area contributed by atoms with Crippen LogP contribution in [0.3, 0.4) is 0 Å². The number of phenols is 3. The molecular weight excluding hydrogens is 1770 g/mol. The van der Waals surface area contributed by atoms with E-state index >= 15 is 0 Å². The smallest absolute Gasteiger partial charge is 0.344 e. The Morgan fingerprint density at radius 2 is 0.906 bits per heavy atom. The molecule has 25 nitrogen and oxygen atoms in total. The van der Waals surface area contributed by atoms with Gasteiger partial charge in [-0.1, -0.05) is 179 Å². The van der Waals surface area contributed by atoms with E-state index in [0.29, 0.717) is 91.5 Å². The van der Waals surface area contributed by atoms with Crippen molar-refractivity contribution in [3.05, 3.63) is 89.5 Å². The van der Waals surface area contributed by atoms with Crippen LogP contribution in [-0.4, -0.2) is 151 Å². The number of methoxy groups -OCH3 is 1. The van der Waals surface area contributed by atoms with Crippen LogP contribution in [0, 0.1) is 103 Å². The normalized spacial score (nSPS) is 26.5. The number of hydrogen-bond acceptors (Lipinski definition) is 25. The number of aromatic hydroxyl groups is 3. The Morgan fingerprint density at radius 3 is 1.34 bits per heavy atom. The van der Waals surface area contributed by atoms with Crippen LogP contribution < -0.4 is 0 Å². The summed E-state index contributed by atoms with van der Waals surface area (Å²) in [4.78, 5) is 121. The monoisotopic (exact) mass is 1950 g/mol. The van der Waals surface area contributed by atoms with Crippen molar-refractivity contribution in [2.24, 2.45) is 103 Å². The van der Waals surface area contributed by atoms with E-state index in [1.165, 1.54) is 75.2 Å². The number of carbonyl (C=O) groups excluding carboxylic acids is 10. The lowest BCUT2D eigenvalue weighted by Gasteiger charge is -2.33. The van der Waals surface area contributed by atoms with Gasteiger partial charge in [0.2, 0.25) is 12.6 Å². The molecule has 0 aromatic heterocycles. The van der Waals surface area contributed by atoms with Crippen LogP contribution in [0.2, 0.25) is 0 Å². The van der Waals surface area contributed by atoms with Gasteiger partial charge in [-0.05, 0) is 309 Å². The van der Waals surface area contributed by atoms with E-state index in [1.54, 1.807) is 50.2 Å². The van der Waals surface area contributed by atoms with Crippen molar-refractivity contribution < 1.29 is 120 Å². The van der Waals surface area contributed by atoms with Crippen molar-refractivity contribution in [3.63, 3.8) is 0 Å². The van der Waals surface area contributed by atoms with Crippen molar-refractivity contribution in [2.75, 3.05) is 26.9 Å². The fourth-order valence-corrected chi connectivity index (χ4v) is 20.8. The van der Waals surface area contributed by atoms with Gasteiger partial charge in [0.1, 0.15) is 47.8 Å². The molecule has 0 spiro atoms. The predicted octanol–water partition coefficient (Wildman–Crippen LogP) is 24.2. The van der Waals surface area contributed by atoms with Crippen LogP contribution in [0.5, 0.6) is 17.2 Å². The Balaban J connectivity index is 0.000000223. The first-order valence-corrected chi connectivity index (χ1v) is 52.6. The largest absolute Gasteiger partial charge is 0.508 e. The number of benzene rings is 3. The maximum atomic E-state index is 12.9. The van der Waals surface area contributed by atoms with Crippen LogP contribution in [-0.2, 0) is 105 Å². The molecule has 3 saturated heterocycles. The number of phenolic OH excluding ortho intramolecular Hbond substituents is 3. The average molecular weight is 1950 g/mol. The highest BCUT2D eigenvalue weighted by molar-refractivity contribution is 6.03. The number of carbonyl (C=O) groups is 10. The molecule has 0 radical (unpaired) electrons. The van der Waals surface area contributed by atoms with E-state index in [1.807, 2.05) is 119 Å². The predicted molar refractivity (Wildman–Crippen MR) is 534 cm³/mol. The van der Waals surface area contributed by atoms with E-state index in [2.05, 4.69) is 87.8 Å². The zero-order valence-corrected chi connectivity index (χ0v) is 89.7. The molecule has 139 heavy (non-hydrogen) atoms. The van der Waals surface area contributed by atoms with E-state index in [0.717, 1.165) is 114 Å². The summed E-state index contributed by atoms with van der Waals surface area (Å²) in [6.45, 7) is 52.0. The van der Waals surface area contributed by atoms with Gasteiger partial charge in [-0.2, -0.15) is 0 Å². The lowest BCUT2D eigenvalue weighted by Crippen LogP contribution is -2.47. The summed E-state index contributed by atoms with van der Waals surface area (Å²) >= 11 is 0. The van der Waals surface area contributed by atoms with E-state index < -0.39 is 89.5 Å². The van der Waals surface area contributed by atoms with Gasteiger partial charge in [0.15, 0.2) is 18.6 Å². The molecule has 25 heteroatoms. The minimum absolute atomic E-state index is 0.00583. The van der Waals surface area contributed by atoms with Crippen LogP contribution in [0.25, 0.3) is 0 Å². The molecule has 3 heterocycles. The first kappa shape index (κ1) is 118. The zero-order chi connectivity index (χ0) is 104. The Morgan fingerprint density at radius 1 is 0.453 bits per heavy atom. The Kier molecular flexibility index (Phi) is 44.7. The van der Waals surface area contributed by atoms with Crippen molar-refractivity contribution >= 4 is 59.7 Å². The highest BCUT2D eigenvalue weighted by atomic mass is 16.7. The van der Waals surface area contributed by atoms with Crippen molar-refractivity contribution in [3.8, 4) is 17.2 Å². The summed E-state index contributed by atoms with van der Waals surface area (Å²) in [5, 5.41) is 27.0. The quantitative estimate of drug-likeness (QED) is 0.0233. The molecule has 3 aliphatic heterocycles. The second-order valence-electron chi connectivity index (χ2n) is 46.6. The second-order valence-corrected chi connectivity index (χ2v) is 46.6. The molecule has 3 aromatic rings. The van der Waals surface area contributed by atoms with Gasteiger partial charge in [0, 0.05) is 36.5 Å². The van der Waals surface area contributed by atoms with Gasteiger partial charge in [-0.15, -0.1) is 0 Å². The van der Waals surface area contributed by atoms with Crippen LogP contribution in [0.4, 0.5) is 0 Å². The molecule has 14 rings (SSSR count). The topological polar surface area (TPSA) is 342 Å². The maximum absolute atomic E-state index is 12.9. The van der Waals surface area contributed by atoms with Crippen molar-refractivity contribution in [2.45, 2.75) is 420 Å². The van der Waals surface area contributed by atoms with Crippen LogP contribution >= 0.6 is 0 Å². The SMILES string of the molecule is CC(C)OC(CC(C)(C)C)OC(=O)C1CC2C3CCC(C3)C2C1.CCC(C)(C)C(=O)OC.CCC(C)(C)C(=O)OC1C2CC3C(=O)OC1C3C2.CCC(C)(C)C(=O)OC1C2CC3C1OC(=O)C3(C(=O)OC1CCCCO1)C2.CCC(C)(C)C(=O)OCC(=O)OCC(=O)OC(CC1CCCCC1)CC(C)(C)C.CCC(C)c1ccc(O)cc1.CCC(C)c1ccc(O)cc1.CCC(C)c1ccc(O)cc1. The molecule has 3 aromatic carbocycles. The minimum atomic E-state index is -1.25. The number of ether oxygens (including phenoxy) is 12. The molecule has 784 valence electrons. The summed E-state index contributed by atoms with van der Waals surface area (Å²) in [5.74, 6) is 3.80. The first-order chi connectivity index (χ1) is 65.1. The molecule has 11 fully saturated rings. The molecule has 8 aliphatic carbocycles. The standard InChI is InChI=1S/C23H40O6.C20H28O7.C20H34O3.C14H20O4.3C10H14O.C7H14O2/c1-7-23(5,6)21(26)28-15-19(24)27-16-20(25)29-18(14-22(2,3)4)13-17-11-9-8-10-12-17;1-4-19(2,3)16(21)26-14-11-9-12-15(14)27-18(23)20(12,10-11)17(22)25-13-7-5-6-8-24-13;1-12(2)22-18(11-20(3,4)5)23-19(21)15-9-16-13-6-7-14(8-13)17(16)10-15;1-4-14(2,3)13(16)18-10-7-5-8-9(6-7)12(15)17-11(8)10;3*1-3-8(2)9-4-6-10(11)7-5-9;1-5-7(2,3)6(8)9-4/h17-18H,7-16H2,1-6H3;11-15H,4-10H2,1-3H3;12-18H,6-11H2,1-5H3;7-11H,4-6H2,1-3H3;3*4-8,11H,3H2,1-2H3;5H2,1-4H3. The fourth-order valence-electron chi connectivity index (χ4n) is 20.8. The zero-order valence-electron chi connectivity index (χ0n) is 89.7. The fraction of sp³-hybridized carbons (Fsp3) is 0.754. The summed E-state index contributed by atoms with van der Waals surface area (Å²) in [6, 6.07) is 22.3. The molecule has 0 amide bonds. The number of esters is 10. The maximum Gasteiger partial charge on any atom is 0.344 e. The minimum Gasteiger partial charge on any atom is -0.508 e. The van der Waals surface area contributed by atoms with E-state index in [-0.39, 0.29) is 94.2 Å². The van der Waals surface area contributed by atoms with Gasteiger partial charge in [0.25, 0.3) is 0 Å². The molecular formula is C114H178O25. The van der Waals surface area contributed by atoms with Crippen molar-refractivity contribution in [1.82, 2.24) is 0 Å². The summed E-state index contributed by atoms with van der Waals surface area (Å²) in [7, 11) is 1.42. The molecule has 11 aliphatic rings.